The Bertz CT molecular complexity index is 476. The van der Waals surface area contributed by atoms with E-state index in [4.69, 9.17) is 4.74 Å². The van der Waals surface area contributed by atoms with Crippen molar-refractivity contribution in [2.75, 3.05) is 18.1 Å². The van der Waals surface area contributed by atoms with Crippen LogP contribution in [0, 0.1) is 5.82 Å². The fourth-order valence-corrected chi connectivity index (χ4v) is 4.87. The fraction of sp³-hybridized carbons (Fsp3) is 0.647. The van der Waals surface area contributed by atoms with Crippen molar-refractivity contribution in [3.05, 3.63) is 35.6 Å². The molecule has 0 aliphatic carbocycles. The zero-order valence-corrected chi connectivity index (χ0v) is 13.4. The Balaban J connectivity index is 1.55. The normalized spacial score (nSPS) is 30.7. The molecule has 4 heteroatoms. The molecule has 2 fully saturated rings. The molecular formula is C17H24FNOS. The van der Waals surface area contributed by atoms with E-state index < -0.39 is 0 Å². The summed E-state index contributed by atoms with van der Waals surface area (Å²) in [6.45, 7) is 3.00. The first-order valence-corrected chi connectivity index (χ1v) is 9.03. The van der Waals surface area contributed by atoms with Crippen LogP contribution >= 0.6 is 11.8 Å². The third kappa shape index (κ3) is 3.79. The molecule has 0 bridgehead atoms. The predicted molar refractivity (Wildman–Crippen MR) is 86.3 cm³/mol. The van der Waals surface area contributed by atoms with Gasteiger partial charge < -0.3 is 10.1 Å². The van der Waals surface area contributed by atoms with Crippen LogP contribution in [-0.4, -0.2) is 35.8 Å². The molecule has 116 valence electrons. The SMILES string of the molecule is C[C@H](Cc1ccccc1F)N[C@H]1CCO[C@]2(CCSC2)C1. The molecule has 21 heavy (non-hydrogen) atoms. The summed E-state index contributed by atoms with van der Waals surface area (Å²) in [4.78, 5) is 0. The summed E-state index contributed by atoms with van der Waals surface area (Å²) < 4.78 is 19.8. The Morgan fingerprint density at radius 1 is 1.48 bits per heavy atom. The lowest BCUT2D eigenvalue weighted by molar-refractivity contribution is -0.0711. The summed E-state index contributed by atoms with van der Waals surface area (Å²) in [5, 5.41) is 3.69. The van der Waals surface area contributed by atoms with Crippen molar-refractivity contribution in [3.63, 3.8) is 0 Å². The molecule has 1 spiro atoms. The van der Waals surface area contributed by atoms with Crippen LogP contribution in [-0.2, 0) is 11.2 Å². The molecule has 0 amide bonds. The van der Waals surface area contributed by atoms with Crippen molar-refractivity contribution in [1.82, 2.24) is 5.32 Å². The zero-order chi connectivity index (χ0) is 14.7. The summed E-state index contributed by atoms with van der Waals surface area (Å²) in [7, 11) is 0. The van der Waals surface area contributed by atoms with Crippen molar-refractivity contribution in [2.45, 2.75) is 50.3 Å². The molecule has 2 heterocycles. The highest BCUT2D eigenvalue weighted by molar-refractivity contribution is 7.99. The zero-order valence-electron chi connectivity index (χ0n) is 12.6. The Kier molecular flexibility index (Phi) is 4.87. The molecule has 0 radical (unpaired) electrons. The van der Waals surface area contributed by atoms with Gasteiger partial charge in [-0.3, -0.25) is 0 Å². The smallest absolute Gasteiger partial charge is 0.126 e. The van der Waals surface area contributed by atoms with Crippen LogP contribution < -0.4 is 5.32 Å². The number of ether oxygens (including phenoxy) is 1. The predicted octanol–water partition coefficient (Wildman–Crippen LogP) is 3.40. The van der Waals surface area contributed by atoms with Crippen molar-refractivity contribution >= 4 is 11.8 Å². The van der Waals surface area contributed by atoms with E-state index in [2.05, 4.69) is 12.2 Å². The van der Waals surface area contributed by atoms with Gasteiger partial charge in [-0.15, -0.1) is 0 Å². The summed E-state index contributed by atoms with van der Waals surface area (Å²) in [5.74, 6) is 2.26. The molecule has 2 saturated heterocycles. The van der Waals surface area contributed by atoms with Crippen molar-refractivity contribution < 1.29 is 9.13 Å². The Hall–Kier alpha value is -0.580. The van der Waals surface area contributed by atoms with Crippen LogP contribution in [0.3, 0.4) is 0 Å². The average Bonchev–Trinajstić information content (AvgIpc) is 2.89. The molecule has 2 aliphatic heterocycles. The maximum absolute atomic E-state index is 13.7. The third-order valence-electron chi connectivity index (χ3n) is 4.56. The number of benzene rings is 1. The summed E-state index contributed by atoms with van der Waals surface area (Å²) in [5.41, 5.74) is 0.911. The van der Waals surface area contributed by atoms with Crippen molar-refractivity contribution in [1.29, 1.82) is 0 Å². The van der Waals surface area contributed by atoms with E-state index in [0.717, 1.165) is 37.2 Å². The van der Waals surface area contributed by atoms with Crippen LogP contribution in [0.2, 0.25) is 0 Å². The molecule has 3 rings (SSSR count). The van der Waals surface area contributed by atoms with Gasteiger partial charge in [0.25, 0.3) is 0 Å². The van der Waals surface area contributed by atoms with Crippen molar-refractivity contribution in [3.8, 4) is 0 Å². The molecule has 3 atom stereocenters. The first kappa shape index (κ1) is 15.3. The van der Waals surface area contributed by atoms with Gasteiger partial charge in [0.2, 0.25) is 0 Å². The van der Waals surface area contributed by atoms with Gasteiger partial charge in [-0.2, -0.15) is 11.8 Å². The monoisotopic (exact) mass is 309 g/mol. The van der Waals surface area contributed by atoms with Crippen LogP contribution in [0.5, 0.6) is 0 Å². The van der Waals surface area contributed by atoms with Gasteiger partial charge in [-0.25, -0.2) is 4.39 Å². The molecule has 2 nitrogen and oxygen atoms in total. The van der Waals surface area contributed by atoms with E-state index in [9.17, 15) is 4.39 Å². The Labute approximate surface area is 130 Å². The van der Waals surface area contributed by atoms with Gasteiger partial charge in [-0.1, -0.05) is 18.2 Å². The number of thioether (sulfide) groups is 1. The Morgan fingerprint density at radius 3 is 3.10 bits per heavy atom. The molecule has 1 aromatic rings. The van der Waals surface area contributed by atoms with E-state index >= 15 is 0 Å². The number of nitrogens with one attached hydrogen (secondary N) is 1. The lowest BCUT2D eigenvalue weighted by Crippen LogP contribution is -2.49. The lowest BCUT2D eigenvalue weighted by atomic mass is 9.89. The summed E-state index contributed by atoms with van der Waals surface area (Å²) in [6.07, 6.45) is 4.08. The second-order valence-electron chi connectivity index (χ2n) is 6.39. The molecular weight excluding hydrogens is 285 g/mol. The van der Waals surface area contributed by atoms with Crippen LogP contribution in [0.25, 0.3) is 0 Å². The standard InChI is InChI=1S/C17H24FNOS/c1-13(10-14-4-2-3-5-16(14)18)19-15-6-8-20-17(11-15)7-9-21-12-17/h2-5,13,15,19H,6-12H2,1H3/t13-,15+,17-/m1/s1. The second-order valence-corrected chi connectivity index (χ2v) is 7.49. The van der Waals surface area contributed by atoms with Gasteiger partial charge in [0.05, 0.1) is 5.60 Å². The van der Waals surface area contributed by atoms with Gasteiger partial charge in [0.1, 0.15) is 5.82 Å². The van der Waals surface area contributed by atoms with E-state index in [-0.39, 0.29) is 17.5 Å². The fourth-order valence-electron chi connectivity index (χ4n) is 3.49. The average molecular weight is 309 g/mol. The summed E-state index contributed by atoms with van der Waals surface area (Å²) >= 11 is 2.00. The molecule has 0 unspecified atom stereocenters. The highest BCUT2D eigenvalue weighted by atomic mass is 32.2. The molecule has 1 N–H and O–H groups in total. The highest BCUT2D eigenvalue weighted by Crippen LogP contribution is 2.38. The second kappa shape index (κ2) is 6.67. The topological polar surface area (TPSA) is 21.3 Å². The van der Waals surface area contributed by atoms with Gasteiger partial charge in [0, 0.05) is 24.4 Å². The highest BCUT2D eigenvalue weighted by Gasteiger charge is 2.40. The first-order valence-electron chi connectivity index (χ1n) is 7.88. The maximum atomic E-state index is 13.7. The number of hydrogen-bond donors (Lipinski definition) is 1. The lowest BCUT2D eigenvalue weighted by Gasteiger charge is -2.39. The minimum Gasteiger partial charge on any atom is -0.374 e. The number of rotatable bonds is 4. The molecule has 1 aromatic carbocycles. The molecule has 0 saturated carbocycles. The minimum absolute atomic E-state index is 0.0956. The van der Waals surface area contributed by atoms with Gasteiger partial charge >= 0.3 is 0 Å². The quantitative estimate of drug-likeness (QED) is 0.921. The van der Waals surface area contributed by atoms with Crippen LogP contribution in [0.15, 0.2) is 24.3 Å². The van der Waals surface area contributed by atoms with Crippen LogP contribution in [0.1, 0.15) is 31.7 Å². The summed E-state index contributed by atoms with van der Waals surface area (Å²) in [6, 6.07) is 7.87. The number of hydrogen-bond acceptors (Lipinski definition) is 3. The molecule has 0 aromatic heterocycles. The first-order chi connectivity index (χ1) is 10.2. The Morgan fingerprint density at radius 2 is 2.33 bits per heavy atom. The van der Waals surface area contributed by atoms with Gasteiger partial charge in [0.15, 0.2) is 0 Å². The third-order valence-corrected chi connectivity index (χ3v) is 5.79. The minimum atomic E-state index is -0.0956. The van der Waals surface area contributed by atoms with E-state index in [1.54, 1.807) is 12.1 Å². The van der Waals surface area contributed by atoms with Crippen LogP contribution in [0.4, 0.5) is 4.39 Å². The van der Waals surface area contributed by atoms with Gasteiger partial charge in [-0.05, 0) is 50.0 Å². The van der Waals surface area contributed by atoms with Crippen molar-refractivity contribution in [2.24, 2.45) is 0 Å². The van der Waals surface area contributed by atoms with E-state index in [0.29, 0.717) is 6.04 Å². The van der Waals surface area contributed by atoms with E-state index in [1.165, 1.54) is 12.2 Å². The molecule has 2 aliphatic rings. The van der Waals surface area contributed by atoms with E-state index in [1.807, 2.05) is 23.9 Å². The maximum Gasteiger partial charge on any atom is 0.126 e. The number of halogens is 1. The largest absolute Gasteiger partial charge is 0.374 e.